The van der Waals surface area contributed by atoms with Crippen LogP contribution in [-0.4, -0.2) is 9.13 Å². The van der Waals surface area contributed by atoms with Gasteiger partial charge in [0.05, 0.1) is 27.8 Å². The molecular weight excluding hydrogens is 677 g/mol. The molecule has 0 N–H and O–H groups in total. The number of nitrogens with zero attached hydrogens (tertiary/aromatic N) is 2. The van der Waals surface area contributed by atoms with Gasteiger partial charge >= 0.3 is 0 Å². The van der Waals surface area contributed by atoms with Crippen LogP contribution in [0, 0.1) is 0 Å². The van der Waals surface area contributed by atoms with Crippen molar-refractivity contribution in [3.63, 3.8) is 0 Å². The van der Waals surface area contributed by atoms with Crippen molar-refractivity contribution >= 4 is 43.6 Å². The van der Waals surface area contributed by atoms with Gasteiger partial charge in [-0.25, -0.2) is 0 Å². The monoisotopic (exact) mass is 712 g/mol. The number of aromatic nitrogens is 2. The summed E-state index contributed by atoms with van der Waals surface area (Å²) < 4.78 is 4.87. The molecule has 2 aromatic heterocycles. The molecule has 2 heterocycles. The van der Waals surface area contributed by atoms with Gasteiger partial charge in [0.25, 0.3) is 0 Å². The Balaban J connectivity index is 1.16. The Labute approximate surface area is 325 Å². The van der Waals surface area contributed by atoms with Crippen molar-refractivity contribution in [2.75, 3.05) is 0 Å². The van der Waals surface area contributed by atoms with Crippen molar-refractivity contribution in [3.05, 3.63) is 218 Å². The normalized spacial score (nSPS) is 11.6. The number of benzene rings is 9. The Bertz CT molecular complexity index is 3130. The minimum absolute atomic E-state index is 1.15. The molecule has 9 aromatic carbocycles. The van der Waals surface area contributed by atoms with E-state index in [9.17, 15) is 0 Å². The molecule has 0 aliphatic carbocycles. The minimum atomic E-state index is 1.15. The lowest BCUT2D eigenvalue weighted by Crippen LogP contribution is -1.98. The van der Waals surface area contributed by atoms with E-state index in [0.717, 1.165) is 11.4 Å². The summed E-state index contributed by atoms with van der Waals surface area (Å²) in [6.45, 7) is 0. The van der Waals surface area contributed by atoms with Crippen molar-refractivity contribution in [1.82, 2.24) is 9.13 Å². The summed E-state index contributed by atoms with van der Waals surface area (Å²) in [5, 5.41) is 4.98. The zero-order valence-electron chi connectivity index (χ0n) is 30.7. The Hall–Kier alpha value is -7.42. The second-order valence-corrected chi connectivity index (χ2v) is 14.5. The third-order valence-corrected chi connectivity index (χ3v) is 11.3. The van der Waals surface area contributed by atoms with Crippen molar-refractivity contribution in [2.45, 2.75) is 0 Å². The molecule has 0 bridgehead atoms. The maximum Gasteiger partial charge on any atom is 0.0547 e. The summed E-state index contributed by atoms with van der Waals surface area (Å²) in [5.41, 5.74) is 16.7. The fraction of sp³-hybridized carbons (Fsp3) is 0. The molecule has 0 aliphatic heterocycles. The molecule has 0 radical (unpaired) electrons. The van der Waals surface area contributed by atoms with Crippen LogP contribution in [0.3, 0.4) is 0 Å². The van der Waals surface area contributed by atoms with Gasteiger partial charge in [0.15, 0.2) is 0 Å². The van der Waals surface area contributed by atoms with Gasteiger partial charge < -0.3 is 9.13 Å². The molecule has 0 amide bonds. The third kappa shape index (κ3) is 5.11. The largest absolute Gasteiger partial charge is 0.309 e. The number of hydrogen-bond acceptors (Lipinski definition) is 0. The summed E-state index contributed by atoms with van der Waals surface area (Å²) in [6.07, 6.45) is 0. The molecule has 56 heavy (non-hydrogen) atoms. The van der Waals surface area contributed by atoms with Gasteiger partial charge in [0.1, 0.15) is 0 Å². The summed E-state index contributed by atoms with van der Waals surface area (Å²) in [6, 6.07) is 79.4. The van der Waals surface area contributed by atoms with E-state index in [1.807, 2.05) is 0 Å². The lowest BCUT2D eigenvalue weighted by Gasteiger charge is -2.18. The molecule has 11 aromatic rings. The predicted octanol–water partition coefficient (Wildman–Crippen LogP) is 14.5. The van der Waals surface area contributed by atoms with Crippen molar-refractivity contribution in [1.29, 1.82) is 0 Å². The summed E-state index contributed by atoms with van der Waals surface area (Å²) in [5.74, 6) is 0. The fourth-order valence-electron chi connectivity index (χ4n) is 8.85. The second kappa shape index (κ2) is 13.2. The number of hydrogen-bond donors (Lipinski definition) is 0. The van der Waals surface area contributed by atoms with Crippen LogP contribution in [0.4, 0.5) is 0 Å². The van der Waals surface area contributed by atoms with E-state index in [2.05, 4.69) is 228 Å². The first-order valence-electron chi connectivity index (χ1n) is 19.3. The van der Waals surface area contributed by atoms with Crippen LogP contribution in [-0.2, 0) is 0 Å². The van der Waals surface area contributed by atoms with E-state index in [1.54, 1.807) is 0 Å². The van der Waals surface area contributed by atoms with E-state index in [-0.39, 0.29) is 0 Å². The molecule has 2 nitrogen and oxygen atoms in total. The molecule has 0 aliphatic rings. The maximum absolute atomic E-state index is 2.47. The Morgan fingerprint density at radius 1 is 0.250 bits per heavy atom. The van der Waals surface area contributed by atoms with Crippen molar-refractivity contribution in [2.24, 2.45) is 0 Å². The minimum Gasteiger partial charge on any atom is -0.309 e. The quantitative estimate of drug-likeness (QED) is 0.162. The van der Waals surface area contributed by atoms with Gasteiger partial charge in [-0.15, -0.1) is 0 Å². The standard InChI is InChI=1S/C54H36N2/c1-4-17-37(18-5-1)39-31-33-51-47(35-39)48-36-40(38-19-6-2-7-20-38)32-34-52(48)56(51)49-28-14-12-25-44(49)42-23-10-11-24-43(42)45-27-16-30-53-54(45)46-26-13-15-29-50(46)55(53)41-21-8-3-9-22-41/h1-36H. The van der Waals surface area contributed by atoms with E-state index in [4.69, 9.17) is 0 Å². The molecule has 11 rings (SSSR count). The molecular formula is C54H36N2. The van der Waals surface area contributed by atoms with E-state index >= 15 is 0 Å². The molecule has 0 spiro atoms. The van der Waals surface area contributed by atoms with Gasteiger partial charge in [-0.3, -0.25) is 0 Å². The van der Waals surface area contributed by atoms with E-state index in [0.29, 0.717) is 0 Å². The maximum atomic E-state index is 2.47. The lowest BCUT2D eigenvalue weighted by molar-refractivity contribution is 1.18. The zero-order chi connectivity index (χ0) is 37.0. The van der Waals surface area contributed by atoms with Crippen LogP contribution < -0.4 is 0 Å². The summed E-state index contributed by atoms with van der Waals surface area (Å²) in [7, 11) is 0. The van der Waals surface area contributed by atoms with Crippen molar-refractivity contribution < 1.29 is 0 Å². The Kier molecular flexibility index (Phi) is 7.53. The molecule has 0 saturated carbocycles. The smallest absolute Gasteiger partial charge is 0.0547 e. The molecule has 0 unspecified atom stereocenters. The van der Waals surface area contributed by atoms with Crippen molar-refractivity contribution in [3.8, 4) is 55.9 Å². The Morgan fingerprint density at radius 3 is 1.36 bits per heavy atom. The summed E-state index contributed by atoms with van der Waals surface area (Å²) in [4.78, 5) is 0. The van der Waals surface area contributed by atoms with Crippen LogP contribution in [0.2, 0.25) is 0 Å². The number of fused-ring (bicyclic) bond motifs is 6. The topological polar surface area (TPSA) is 9.86 Å². The molecule has 0 fully saturated rings. The van der Waals surface area contributed by atoms with E-state index < -0.39 is 0 Å². The highest BCUT2D eigenvalue weighted by Gasteiger charge is 2.21. The molecule has 0 saturated heterocycles. The van der Waals surface area contributed by atoms with Gasteiger partial charge in [-0.05, 0) is 93.5 Å². The van der Waals surface area contributed by atoms with E-state index in [1.165, 1.54) is 88.1 Å². The molecule has 0 atom stereocenters. The summed E-state index contributed by atoms with van der Waals surface area (Å²) >= 11 is 0. The van der Waals surface area contributed by atoms with Gasteiger partial charge in [0, 0.05) is 32.8 Å². The van der Waals surface area contributed by atoms with Crippen LogP contribution in [0.25, 0.3) is 99.5 Å². The van der Waals surface area contributed by atoms with Crippen LogP contribution in [0.15, 0.2) is 218 Å². The predicted molar refractivity (Wildman–Crippen MR) is 237 cm³/mol. The van der Waals surface area contributed by atoms with Crippen LogP contribution >= 0.6 is 0 Å². The Morgan fingerprint density at radius 2 is 0.714 bits per heavy atom. The van der Waals surface area contributed by atoms with Gasteiger partial charge in [-0.1, -0.05) is 164 Å². The molecule has 262 valence electrons. The molecule has 2 heteroatoms. The van der Waals surface area contributed by atoms with Gasteiger partial charge in [0.2, 0.25) is 0 Å². The zero-order valence-corrected chi connectivity index (χ0v) is 30.7. The highest BCUT2D eigenvalue weighted by molar-refractivity contribution is 6.17. The third-order valence-electron chi connectivity index (χ3n) is 11.3. The highest BCUT2D eigenvalue weighted by atomic mass is 15.0. The van der Waals surface area contributed by atoms with Gasteiger partial charge in [-0.2, -0.15) is 0 Å². The lowest BCUT2D eigenvalue weighted by atomic mass is 9.91. The first kappa shape index (κ1) is 32.0. The SMILES string of the molecule is c1ccc(-c2ccc3c(c2)c2cc(-c4ccccc4)ccc2n3-c2ccccc2-c2ccccc2-c2cccc3c2c2ccccc2n3-c2ccccc2)cc1. The first-order chi connectivity index (χ1) is 27.8. The van der Waals surface area contributed by atoms with Crippen LogP contribution in [0.1, 0.15) is 0 Å². The second-order valence-electron chi connectivity index (χ2n) is 14.5. The van der Waals surface area contributed by atoms with Crippen LogP contribution in [0.5, 0.6) is 0 Å². The number of para-hydroxylation sites is 3. The first-order valence-corrected chi connectivity index (χ1v) is 19.3. The average molecular weight is 713 g/mol. The average Bonchev–Trinajstić information content (AvgIpc) is 3.79. The number of rotatable bonds is 6. The fourth-order valence-corrected chi connectivity index (χ4v) is 8.85. The highest BCUT2D eigenvalue weighted by Crippen LogP contribution is 2.44.